The highest BCUT2D eigenvalue weighted by Crippen LogP contribution is 2.29. The Hall–Kier alpha value is -2.86. The molecule has 2 aromatic carbocycles. The molecule has 0 saturated carbocycles. The third kappa shape index (κ3) is 3.86. The zero-order valence-corrected chi connectivity index (χ0v) is 15.3. The number of methoxy groups -OCH3 is 2. The number of ether oxygens (including phenoxy) is 2. The van der Waals surface area contributed by atoms with E-state index in [1.165, 1.54) is 5.56 Å². The van der Waals surface area contributed by atoms with Crippen molar-refractivity contribution < 1.29 is 9.47 Å². The number of aromatic amines is 1. The van der Waals surface area contributed by atoms with Crippen LogP contribution in [0.15, 0.2) is 47.3 Å². The van der Waals surface area contributed by atoms with Gasteiger partial charge in [0.15, 0.2) is 11.5 Å². The van der Waals surface area contributed by atoms with E-state index in [0.29, 0.717) is 34.8 Å². The monoisotopic (exact) mass is 353 g/mol. The van der Waals surface area contributed by atoms with Crippen molar-refractivity contribution in [2.24, 2.45) is 0 Å². The number of H-pyrrole nitrogens is 1. The van der Waals surface area contributed by atoms with Crippen molar-refractivity contribution in [1.82, 2.24) is 14.9 Å². The summed E-state index contributed by atoms with van der Waals surface area (Å²) in [7, 11) is 3.11. The molecule has 1 N–H and O–H groups in total. The molecule has 6 heteroatoms. The minimum Gasteiger partial charge on any atom is -0.493 e. The van der Waals surface area contributed by atoms with Crippen LogP contribution in [-0.2, 0) is 13.1 Å². The number of hydrogen-bond donors (Lipinski definition) is 1. The van der Waals surface area contributed by atoms with Crippen LogP contribution >= 0.6 is 0 Å². The lowest BCUT2D eigenvalue weighted by molar-refractivity contribution is 0.264. The van der Waals surface area contributed by atoms with Gasteiger partial charge in [-0.05, 0) is 18.2 Å². The van der Waals surface area contributed by atoms with Crippen molar-refractivity contribution in [2.75, 3.05) is 20.8 Å². The summed E-state index contributed by atoms with van der Waals surface area (Å²) in [5, 5.41) is 0.484. The maximum absolute atomic E-state index is 12.5. The first-order chi connectivity index (χ1) is 12.6. The number of benzene rings is 2. The van der Waals surface area contributed by atoms with Gasteiger partial charge in [-0.15, -0.1) is 0 Å². The summed E-state index contributed by atoms with van der Waals surface area (Å²) in [4.78, 5) is 22.2. The number of nitrogens with zero attached hydrogens (tertiary/aromatic N) is 2. The second-order valence-corrected chi connectivity index (χ2v) is 6.03. The van der Waals surface area contributed by atoms with Crippen LogP contribution in [0.3, 0.4) is 0 Å². The van der Waals surface area contributed by atoms with Gasteiger partial charge in [0.1, 0.15) is 5.82 Å². The van der Waals surface area contributed by atoms with Crippen molar-refractivity contribution in [3.63, 3.8) is 0 Å². The van der Waals surface area contributed by atoms with Gasteiger partial charge in [-0.25, -0.2) is 4.98 Å². The number of fused-ring (bicyclic) bond motifs is 1. The molecule has 136 valence electrons. The van der Waals surface area contributed by atoms with E-state index < -0.39 is 0 Å². The van der Waals surface area contributed by atoms with Gasteiger partial charge < -0.3 is 14.5 Å². The van der Waals surface area contributed by atoms with Crippen molar-refractivity contribution in [3.05, 3.63) is 64.2 Å². The number of rotatable bonds is 7. The Bertz CT molecular complexity index is 938. The lowest BCUT2D eigenvalue weighted by Crippen LogP contribution is -2.25. The van der Waals surface area contributed by atoms with Crippen LogP contribution in [0.4, 0.5) is 0 Å². The Morgan fingerprint density at radius 3 is 2.38 bits per heavy atom. The quantitative estimate of drug-likeness (QED) is 0.707. The van der Waals surface area contributed by atoms with Crippen LogP contribution in [0.25, 0.3) is 10.9 Å². The fourth-order valence-corrected chi connectivity index (χ4v) is 2.92. The molecular weight excluding hydrogens is 330 g/mol. The van der Waals surface area contributed by atoms with E-state index in [9.17, 15) is 4.79 Å². The van der Waals surface area contributed by atoms with Crippen LogP contribution in [0.2, 0.25) is 0 Å². The van der Waals surface area contributed by atoms with Gasteiger partial charge in [-0.3, -0.25) is 9.69 Å². The SMILES string of the molecule is CCN(Cc1ccccc1)Cc1nc2cc(OC)c(OC)cc2c(=O)[nH]1. The van der Waals surface area contributed by atoms with Gasteiger partial charge in [-0.2, -0.15) is 0 Å². The average Bonchev–Trinajstić information content (AvgIpc) is 2.67. The Labute approximate surface area is 152 Å². The molecule has 1 aromatic heterocycles. The Balaban J connectivity index is 1.91. The molecule has 0 aliphatic rings. The minimum atomic E-state index is -0.179. The molecule has 0 atom stereocenters. The third-order valence-corrected chi connectivity index (χ3v) is 4.33. The number of nitrogens with one attached hydrogen (secondary N) is 1. The molecule has 3 rings (SSSR count). The average molecular weight is 353 g/mol. The van der Waals surface area contributed by atoms with Gasteiger partial charge >= 0.3 is 0 Å². The van der Waals surface area contributed by atoms with Crippen molar-refractivity contribution in [2.45, 2.75) is 20.0 Å². The Morgan fingerprint density at radius 2 is 1.73 bits per heavy atom. The highest BCUT2D eigenvalue weighted by atomic mass is 16.5. The smallest absolute Gasteiger partial charge is 0.258 e. The highest BCUT2D eigenvalue weighted by molar-refractivity contribution is 5.81. The third-order valence-electron chi connectivity index (χ3n) is 4.33. The van der Waals surface area contributed by atoms with Gasteiger partial charge in [0.2, 0.25) is 0 Å². The standard InChI is InChI=1S/C20H23N3O3/c1-4-23(12-14-8-6-5-7-9-14)13-19-21-16-11-18(26-3)17(25-2)10-15(16)20(24)22-19/h5-11H,4,12-13H2,1-3H3,(H,21,22,24). The number of hydrogen-bond acceptors (Lipinski definition) is 5. The van der Waals surface area contributed by atoms with Crippen molar-refractivity contribution in [1.29, 1.82) is 0 Å². The Morgan fingerprint density at radius 1 is 1.04 bits per heavy atom. The maximum Gasteiger partial charge on any atom is 0.258 e. The summed E-state index contributed by atoms with van der Waals surface area (Å²) in [5.41, 5.74) is 1.64. The fraction of sp³-hybridized carbons (Fsp3) is 0.300. The first kappa shape index (κ1) is 17.9. The summed E-state index contributed by atoms with van der Waals surface area (Å²) in [6.07, 6.45) is 0. The van der Waals surface area contributed by atoms with Crippen LogP contribution in [0.1, 0.15) is 18.3 Å². The first-order valence-corrected chi connectivity index (χ1v) is 8.55. The van der Waals surface area contributed by atoms with E-state index in [1.807, 2.05) is 18.2 Å². The predicted molar refractivity (Wildman–Crippen MR) is 102 cm³/mol. The highest BCUT2D eigenvalue weighted by Gasteiger charge is 2.13. The summed E-state index contributed by atoms with van der Waals surface area (Å²) in [5.74, 6) is 1.70. The van der Waals surface area contributed by atoms with E-state index in [4.69, 9.17) is 9.47 Å². The maximum atomic E-state index is 12.5. The zero-order chi connectivity index (χ0) is 18.5. The van der Waals surface area contributed by atoms with Gasteiger partial charge in [-0.1, -0.05) is 37.3 Å². The molecule has 0 aliphatic heterocycles. The number of aromatic nitrogens is 2. The van der Waals surface area contributed by atoms with Crippen LogP contribution in [0.5, 0.6) is 11.5 Å². The summed E-state index contributed by atoms with van der Waals surface area (Å²) < 4.78 is 10.6. The summed E-state index contributed by atoms with van der Waals surface area (Å²) in [6, 6.07) is 13.6. The first-order valence-electron chi connectivity index (χ1n) is 8.55. The summed E-state index contributed by atoms with van der Waals surface area (Å²) in [6.45, 7) is 4.30. The fourth-order valence-electron chi connectivity index (χ4n) is 2.92. The topological polar surface area (TPSA) is 67.5 Å². The lowest BCUT2D eigenvalue weighted by atomic mass is 10.2. The zero-order valence-electron chi connectivity index (χ0n) is 15.3. The van der Waals surface area contributed by atoms with Gasteiger partial charge in [0.25, 0.3) is 5.56 Å². The van der Waals surface area contributed by atoms with Crippen LogP contribution in [0, 0.1) is 0 Å². The lowest BCUT2D eigenvalue weighted by Gasteiger charge is -2.20. The van der Waals surface area contributed by atoms with Crippen LogP contribution in [-0.4, -0.2) is 35.6 Å². The molecule has 0 unspecified atom stereocenters. The predicted octanol–water partition coefficient (Wildman–Crippen LogP) is 2.96. The van der Waals surface area contributed by atoms with E-state index in [2.05, 4.69) is 33.9 Å². The Kier molecular flexibility index (Phi) is 5.53. The molecule has 0 amide bonds. The van der Waals surface area contributed by atoms with Gasteiger partial charge in [0.05, 0.1) is 31.7 Å². The molecule has 3 aromatic rings. The van der Waals surface area contributed by atoms with Gasteiger partial charge in [0, 0.05) is 12.6 Å². The van der Waals surface area contributed by atoms with Crippen molar-refractivity contribution >= 4 is 10.9 Å². The van der Waals surface area contributed by atoms with Crippen LogP contribution < -0.4 is 15.0 Å². The van der Waals surface area contributed by atoms with E-state index in [-0.39, 0.29) is 5.56 Å². The largest absolute Gasteiger partial charge is 0.493 e. The molecule has 1 heterocycles. The molecule has 0 fully saturated rings. The molecule has 0 spiro atoms. The minimum absolute atomic E-state index is 0.179. The molecule has 26 heavy (non-hydrogen) atoms. The van der Waals surface area contributed by atoms with E-state index in [1.54, 1.807) is 26.4 Å². The molecule has 6 nitrogen and oxygen atoms in total. The second-order valence-electron chi connectivity index (χ2n) is 6.03. The summed E-state index contributed by atoms with van der Waals surface area (Å²) >= 11 is 0. The second kappa shape index (κ2) is 8.01. The van der Waals surface area contributed by atoms with E-state index in [0.717, 1.165) is 13.1 Å². The molecule has 0 bridgehead atoms. The molecule has 0 saturated heterocycles. The normalized spacial score (nSPS) is 11.1. The molecular formula is C20H23N3O3. The molecule has 0 radical (unpaired) electrons. The van der Waals surface area contributed by atoms with Crippen molar-refractivity contribution in [3.8, 4) is 11.5 Å². The molecule has 0 aliphatic carbocycles. The van der Waals surface area contributed by atoms with E-state index >= 15 is 0 Å².